The topological polar surface area (TPSA) is 64.6 Å². The lowest BCUT2D eigenvalue weighted by Crippen LogP contribution is -2.36. The molecule has 1 aromatic heterocycles. The van der Waals surface area contributed by atoms with E-state index in [1.54, 1.807) is 14.2 Å². The van der Waals surface area contributed by atoms with Gasteiger partial charge in [-0.05, 0) is 31.0 Å². The summed E-state index contributed by atoms with van der Waals surface area (Å²) < 4.78 is 11.0. The summed E-state index contributed by atoms with van der Waals surface area (Å²) in [5, 5.41) is 0.761. The van der Waals surface area contributed by atoms with E-state index in [1.807, 2.05) is 72.5 Å². The number of fused-ring (bicyclic) bond motifs is 2. The van der Waals surface area contributed by atoms with Crippen LogP contribution in [0, 0.1) is 6.92 Å². The SMILES string of the molecule is COc1ccc2c(c1OC)CCN(C(=O)c1nc(-c3ccc(C)cc3)nc3ccccc13)C2. The zero-order valence-electron chi connectivity index (χ0n) is 19.0. The molecule has 0 N–H and O–H groups in total. The summed E-state index contributed by atoms with van der Waals surface area (Å²) >= 11 is 0. The summed E-state index contributed by atoms with van der Waals surface area (Å²) in [6, 6.07) is 19.6. The van der Waals surface area contributed by atoms with Crippen LogP contribution in [0.2, 0.25) is 0 Å². The van der Waals surface area contributed by atoms with Crippen LogP contribution in [0.25, 0.3) is 22.3 Å². The van der Waals surface area contributed by atoms with E-state index in [0.717, 1.165) is 38.9 Å². The van der Waals surface area contributed by atoms with Crippen LogP contribution < -0.4 is 9.47 Å². The third-order valence-corrected chi connectivity index (χ3v) is 6.14. The highest BCUT2D eigenvalue weighted by molar-refractivity contribution is 6.05. The van der Waals surface area contributed by atoms with Gasteiger partial charge in [0.25, 0.3) is 5.91 Å². The Hall–Kier alpha value is -3.93. The Labute approximate surface area is 192 Å². The Balaban J connectivity index is 1.54. The summed E-state index contributed by atoms with van der Waals surface area (Å²) in [5.41, 5.74) is 5.39. The van der Waals surface area contributed by atoms with Crippen molar-refractivity contribution in [1.82, 2.24) is 14.9 Å². The second-order valence-corrected chi connectivity index (χ2v) is 8.19. The lowest BCUT2D eigenvalue weighted by atomic mass is 9.97. The molecule has 1 aliphatic heterocycles. The van der Waals surface area contributed by atoms with Crippen molar-refractivity contribution in [1.29, 1.82) is 0 Å². The minimum Gasteiger partial charge on any atom is -0.493 e. The first-order chi connectivity index (χ1) is 16.1. The predicted molar refractivity (Wildman–Crippen MR) is 128 cm³/mol. The van der Waals surface area contributed by atoms with Gasteiger partial charge in [-0.25, -0.2) is 9.97 Å². The minimum atomic E-state index is -0.0950. The number of nitrogens with zero attached hydrogens (tertiary/aromatic N) is 3. The minimum absolute atomic E-state index is 0.0950. The van der Waals surface area contributed by atoms with Crippen LogP contribution in [0.3, 0.4) is 0 Å². The number of carbonyl (C=O) groups is 1. The van der Waals surface area contributed by atoms with Gasteiger partial charge in [-0.1, -0.05) is 54.1 Å². The first kappa shape index (κ1) is 20.9. The van der Waals surface area contributed by atoms with Crippen LogP contribution in [0.4, 0.5) is 0 Å². The molecule has 0 saturated carbocycles. The van der Waals surface area contributed by atoms with E-state index in [1.165, 1.54) is 0 Å². The van der Waals surface area contributed by atoms with Gasteiger partial charge in [-0.15, -0.1) is 0 Å². The van der Waals surface area contributed by atoms with E-state index >= 15 is 0 Å². The molecule has 1 amide bonds. The molecule has 0 aliphatic carbocycles. The van der Waals surface area contributed by atoms with Crippen molar-refractivity contribution in [2.75, 3.05) is 20.8 Å². The van der Waals surface area contributed by atoms with E-state index in [4.69, 9.17) is 19.4 Å². The molecule has 0 fully saturated rings. The number of para-hydroxylation sites is 1. The van der Waals surface area contributed by atoms with Crippen molar-refractivity contribution in [3.63, 3.8) is 0 Å². The molecular formula is C27H25N3O3. The molecule has 3 aromatic carbocycles. The second-order valence-electron chi connectivity index (χ2n) is 8.19. The fraction of sp³-hybridized carbons (Fsp3) is 0.222. The molecule has 2 heterocycles. The first-order valence-corrected chi connectivity index (χ1v) is 10.9. The van der Waals surface area contributed by atoms with Crippen LogP contribution >= 0.6 is 0 Å². The van der Waals surface area contributed by atoms with Crippen molar-refractivity contribution in [2.45, 2.75) is 19.9 Å². The van der Waals surface area contributed by atoms with Gasteiger partial charge >= 0.3 is 0 Å². The fourth-order valence-corrected chi connectivity index (χ4v) is 4.38. The molecular weight excluding hydrogens is 414 g/mol. The Morgan fingerprint density at radius 2 is 1.73 bits per heavy atom. The molecule has 6 heteroatoms. The van der Waals surface area contributed by atoms with E-state index in [0.29, 0.717) is 36.8 Å². The summed E-state index contributed by atoms with van der Waals surface area (Å²) in [5.74, 6) is 1.92. The zero-order valence-corrected chi connectivity index (χ0v) is 19.0. The average molecular weight is 440 g/mol. The highest BCUT2D eigenvalue weighted by Crippen LogP contribution is 2.36. The maximum Gasteiger partial charge on any atom is 0.273 e. The number of aromatic nitrogens is 2. The zero-order chi connectivity index (χ0) is 22.9. The lowest BCUT2D eigenvalue weighted by molar-refractivity contribution is 0.0730. The standard InChI is InChI=1S/C27H25N3O3/c1-17-8-10-18(11-9-17)26-28-22-7-5-4-6-21(22)24(29-26)27(31)30-15-14-20-19(16-30)12-13-23(32-2)25(20)33-3/h4-13H,14-16H2,1-3H3. The second kappa shape index (κ2) is 8.54. The van der Waals surface area contributed by atoms with Crippen LogP contribution in [0.15, 0.2) is 60.7 Å². The number of methoxy groups -OCH3 is 2. The van der Waals surface area contributed by atoms with Crippen LogP contribution in [-0.2, 0) is 13.0 Å². The number of amides is 1. The van der Waals surface area contributed by atoms with E-state index in [2.05, 4.69) is 0 Å². The largest absolute Gasteiger partial charge is 0.493 e. The Bertz CT molecular complexity index is 1350. The summed E-state index contributed by atoms with van der Waals surface area (Å²) in [6.07, 6.45) is 0.690. The molecule has 1 aliphatic rings. The van der Waals surface area contributed by atoms with E-state index in [9.17, 15) is 4.79 Å². The van der Waals surface area contributed by atoms with Crippen LogP contribution in [0.1, 0.15) is 27.2 Å². The van der Waals surface area contributed by atoms with E-state index in [-0.39, 0.29) is 5.91 Å². The summed E-state index contributed by atoms with van der Waals surface area (Å²) in [7, 11) is 3.28. The van der Waals surface area contributed by atoms with Crippen molar-refractivity contribution >= 4 is 16.8 Å². The average Bonchev–Trinajstić information content (AvgIpc) is 2.86. The van der Waals surface area contributed by atoms with Gasteiger partial charge in [0.15, 0.2) is 17.3 Å². The monoisotopic (exact) mass is 439 g/mol. The third-order valence-electron chi connectivity index (χ3n) is 6.14. The number of hydrogen-bond donors (Lipinski definition) is 0. The fourth-order valence-electron chi connectivity index (χ4n) is 4.38. The van der Waals surface area contributed by atoms with Gasteiger partial charge in [0.2, 0.25) is 0 Å². The van der Waals surface area contributed by atoms with Crippen molar-refractivity contribution in [2.24, 2.45) is 0 Å². The molecule has 0 spiro atoms. The molecule has 0 bridgehead atoms. The Morgan fingerprint density at radius 3 is 2.48 bits per heavy atom. The normalized spacial score (nSPS) is 13.0. The number of aryl methyl sites for hydroxylation is 1. The maximum absolute atomic E-state index is 13.7. The molecule has 166 valence electrons. The molecule has 6 nitrogen and oxygen atoms in total. The van der Waals surface area contributed by atoms with Crippen molar-refractivity contribution in [3.8, 4) is 22.9 Å². The number of hydrogen-bond acceptors (Lipinski definition) is 5. The quantitative estimate of drug-likeness (QED) is 0.456. The number of benzene rings is 3. The molecule has 0 atom stereocenters. The van der Waals surface area contributed by atoms with Crippen LogP contribution in [-0.4, -0.2) is 41.5 Å². The molecule has 0 unspecified atom stereocenters. The molecule has 33 heavy (non-hydrogen) atoms. The predicted octanol–water partition coefficient (Wildman–Crippen LogP) is 4.82. The molecule has 0 radical (unpaired) electrons. The smallest absolute Gasteiger partial charge is 0.273 e. The number of ether oxygens (including phenoxy) is 2. The Morgan fingerprint density at radius 1 is 0.939 bits per heavy atom. The third kappa shape index (κ3) is 3.78. The summed E-state index contributed by atoms with van der Waals surface area (Å²) in [6.45, 7) is 3.11. The summed E-state index contributed by atoms with van der Waals surface area (Å²) in [4.78, 5) is 25.0. The van der Waals surface area contributed by atoms with Gasteiger partial charge in [0.1, 0.15) is 5.69 Å². The molecule has 4 aromatic rings. The van der Waals surface area contributed by atoms with Crippen molar-refractivity contribution < 1.29 is 14.3 Å². The highest BCUT2D eigenvalue weighted by Gasteiger charge is 2.28. The lowest BCUT2D eigenvalue weighted by Gasteiger charge is -2.30. The van der Waals surface area contributed by atoms with Gasteiger partial charge in [-0.3, -0.25) is 4.79 Å². The molecule has 0 saturated heterocycles. The van der Waals surface area contributed by atoms with Gasteiger partial charge in [0, 0.05) is 29.6 Å². The Kier molecular flexibility index (Phi) is 5.42. The highest BCUT2D eigenvalue weighted by atomic mass is 16.5. The molecule has 5 rings (SSSR count). The van der Waals surface area contributed by atoms with Crippen molar-refractivity contribution in [3.05, 3.63) is 83.0 Å². The van der Waals surface area contributed by atoms with Crippen LogP contribution in [0.5, 0.6) is 11.5 Å². The van der Waals surface area contributed by atoms with Gasteiger partial charge in [0.05, 0.1) is 19.7 Å². The maximum atomic E-state index is 13.7. The van der Waals surface area contributed by atoms with Gasteiger partial charge < -0.3 is 14.4 Å². The van der Waals surface area contributed by atoms with Gasteiger partial charge in [-0.2, -0.15) is 0 Å². The first-order valence-electron chi connectivity index (χ1n) is 10.9. The number of carbonyl (C=O) groups excluding carboxylic acids is 1. The van der Waals surface area contributed by atoms with E-state index < -0.39 is 0 Å². The number of rotatable bonds is 4.